The van der Waals surface area contributed by atoms with Crippen LogP contribution in [0.1, 0.15) is 17.2 Å². The Morgan fingerprint density at radius 3 is 2.63 bits per heavy atom. The number of likely N-dealkylation sites (tertiary alicyclic amines) is 1. The van der Waals surface area contributed by atoms with Gasteiger partial charge in [0.1, 0.15) is 0 Å². The van der Waals surface area contributed by atoms with Crippen molar-refractivity contribution in [2.24, 2.45) is 10.7 Å². The van der Waals surface area contributed by atoms with E-state index in [9.17, 15) is 8.78 Å². The molecular weight excluding hydrogens is 542 g/mol. The molecule has 3 N–H and O–H groups in total. The minimum atomic E-state index is -0.868. The molecule has 1 aromatic heterocycles. The highest BCUT2D eigenvalue weighted by molar-refractivity contribution is 9.10. The fraction of sp³-hybridized carbons (Fsp3) is 0.333. The molecule has 1 fully saturated rings. The Bertz CT molecular complexity index is 1180. The average molecular weight is 570 g/mol. The number of methoxy groups -OCH3 is 1. The lowest BCUT2D eigenvalue weighted by atomic mass is 9.94. The van der Waals surface area contributed by atoms with Gasteiger partial charge in [0.25, 0.3) is 0 Å². The van der Waals surface area contributed by atoms with Crippen molar-refractivity contribution in [2.75, 3.05) is 38.7 Å². The summed E-state index contributed by atoms with van der Waals surface area (Å²) >= 11 is 3.59. The van der Waals surface area contributed by atoms with Crippen LogP contribution in [0.15, 0.2) is 58.0 Å². The molecule has 0 aliphatic carbocycles. The van der Waals surface area contributed by atoms with Crippen molar-refractivity contribution in [3.05, 3.63) is 75.9 Å². The first-order chi connectivity index (χ1) is 16.4. The molecule has 35 heavy (non-hydrogen) atoms. The van der Waals surface area contributed by atoms with Gasteiger partial charge >= 0.3 is 0 Å². The van der Waals surface area contributed by atoms with Crippen molar-refractivity contribution in [2.45, 2.75) is 18.9 Å². The van der Waals surface area contributed by atoms with Gasteiger partial charge in [0, 0.05) is 32.7 Å². The van der Waals surface area contributed by atoms with Crippen LogP contribution in [0, 0.1) is 18.6 Å². The van der Waals surface area contributed by atoms with E-state index in [2.05, 4.69) is 31.2 Å². The van der Waals surface area contributed by atoms with Crippen molar-refractivity contribution in [1.29, 1.82) is 0 Å². The van der Waals surface area contributed by atoms with Crippen molar-refractivity contribution in [3.63, 3.8) is 0 Å². The Morgan fingerprint density at radius 1 is 1.20 bits per heavy atom. The molecule has 4 rings (SSSR count). The number of hydrogen-bond acceptors (Lipinski definition) is 4. The predicted molar refractivity (Wildman–Crippen MR) is 140 cm³/mol. The Balaban J connectivity index is 0.00000342. The summed E-state index contributed by atoms with van der Waals surface area (Å²) in [4.78, 5) is 6.93. The number of nitrogens with one attached hydrogen (secondary N) is 1. The standard InChI is InChI=1S/C24H27BrF2N6O.ClH/c1-15-22(25)23(33(31-15)17-6-4-3-5-7-17)30-24(28)29-21-14-32(10-11-34-2)13-18(21)16-8-9-19(26)20(27)12-16;/h3-9,12,18,21H,10-11,13-14H2,1-2H3,(H3,28,29,30);1H/t18-,21+;/m0./s1. The number of anilines is 1. The zero-order valence-corrected chi connectivity index (χ0v) is 21.8. The number of benzene rings is 2. The van der Waals surface area contributed by atoms with Crippen LogP contribution in [-0.2, 0) is 4.74 Å². The Kier molecular flexibility index (Phi) is 9.23. The Morgan fingerprint density at radius 2 is 1.94 bits per heavy atom. The fourth-order valence-electron chi connectivity index (χ4n) is 4.17. The summed E-state index contributed by atoms with van der Waals surface area (Å²) in [5.74, 6) is -1.01. The van der Waals surface area contributed by atoms with Crippen LogP contribution in [0.2, 0.25) is 0 Å². The summed E-state index contributed by atoms with van der Waals surface area (Å²) < 4.78 is 35.2. The molecule has 1 aliphatic rings. The molecule has 11 heteroatoms. The van der Waals surface area contributed by atoms with E-state index in [4.69, 9.17) is 15.5 Å². The van der Waals surface area contributed by atoms with Gasteiger partial charge in [-0.05, 0) is 52.7 Å². The zero-order chi connectivity index (χ0) is 24.2. The molecular formula is C24H28BrClF2N6O. The molecule has 2 atom stereocenters. The highest BCUT2D eigenvalue weighted by Gasteiger charge is 2.34. The first-order valence-corrected chi connectivity index (χ1v) is 11.7. The van der Waals surface area contributed by atoms with Gasteiger partial charge < -0.3 is 15.8 Å². The van der Waals surface area contributed by atoms with E-state index in [1.807, 2.05) is 37.3 Å². The number of nitrogens with zero attached hydrogens (tertiary/aromatic N) is 4. The van der Waals surface area contributed by atoms with Gasteiger partial charge in [0.15, 0.2) is 23.4 Å². The molecule has 7 nitrogen and oxygen atoms in total. The minimum Gasteiger partial charge on any atom is -0.383 e. The highest BCUT2D eigenvalue weighted by Crippen LogP contribution is 2.32. The van der Waals surface area contributed by atoms with Crippen molar-refractivity contribution in [3.8, 4) is 5.69 Å². The van der Waals surface area contributed by atoms with E-state index >= 15 is 0 Å². The first-order valence-electron chi connectivity index (χ1n) is 10.9. The van der Waals surface area contributed by atoms with E-state index in [1.54, 1.807) is 17.9 Å². The smallest absolute Gasteiger partial charge is 0.194 e. The number of nitrogens with two attached hydrogens (primary N) is 1. The quantitative estimate of drug-likeness (QED) is 0.324. The van der Waals surface area contributed by atoms with Crippen LogP contribution in [0.5, 0.6) is 0 Å². The summed E-state index contributed by atoms with van der Waals surface area (Å²) in [6, 6.07) is 13.5. The van der Waals surface area contributed by atoms with Gasteiger partial charge in [-0.25, -0.2) is 18.5 Å². The molecule has 188 valence electrons. The second-order valence-electron chi connectivity index (χ2n) is 8.23. The van der Waals surface area contributed by atoms with Crippen molar-refractivity contribution in [1.82, 2.24) is 14.7 Å². The van der Waals surface area contributed by atoms with Gasteiger partial charge in [0.2, 0.25) is 0 Å². The number of hydrogen-bond donors (Lipinski definition) is 2. The summed E-state index contributed by atoms with van der Waals surface area (Å²) in [5.41, 5.74) is 8.71. The highest BCUT2D eigenvalue weighted by atomic mass is 79.9. The molecule has 0 unspecified atom stereocenters. The van der Waals surface area contributed by atoms with Gasteiger partial charge in [-0.2, -0.15) is 5.10 Å². The lowest BCUT2D eigenvalue weighted by molar-refractivity contribution is 0.160. The van der Waals surface area contributed by atoms with Crippen molar-refractivity contribution < 1.29 is 13.5 Å². The van der Waals surface area contributed by atoms with Crippen LogP contribution in [0.25, 0.3) is 5.69 Å². The molecule has 2 heterocycles. The normalized spacial score (nSPS) is 18.5. The molecule has 0 spiro atoms. The summed E-state index contributed by atoms with van der Waals surface area (Å²) in [6.45, 7) is 4.43. The number of guanidine groups is 1. The van der Waals surface area contributed by atoms with Crippen LogP contribution in [0.3, 0.4) is 0 Å². The summed E-state index contributed by atoms with van der Waals surface area (Å²) in [7, 11) is 1.65. The molecule has 3 aromatic rings. The number of aliphatic imine (C=N–C) groups is 1. The number of rotatable bonds is 7. The maximum atomic E-state index is 14.0. The van der Waals surface area contributed by atoms with E-state index < -0.39 is 11.6 Å². The van der Waals surface area contributed by atoms with Crippen LogP contribution < -0.4 is 11.1 Å². The Labute approximate surface area is 217 Å². The maximum absolute atomic E-state index is 14.0. The number of halogens is 4. The molecule has 0 radical (unpaired) electrons. The molecule has 1 saturated heterocycles. The Hall–Kier alpha value is -2.53. The van der Waals surface area contributed by atoms with Gasteiger partial charge in [0.05, 0.1) is 28.5 Å². The molecule has 1 aliphatic heterocycles. The van der Waals surface area contributed by atoms with E-state index in [1.165, 1.54) is 6.07 Å². The zero-order valence-electron chi connectivity index (χ0n) is 19.4. The molecule has 2 aromatic carbocycles. The summed E-state index contributed by atoms with van der Waals surface area (Å²) in [6.07, 6.45) is 0. The predicted octanol–water partition coefficient (Wildman–Crippen LogP) is 4.48. The fourth-order valence-corrected chi connectivity index (χ4v) is 4.52. The number of para-hydroxylation sites is 1. The van der Waals surface area contributed by atoms with Crippen LogP contribution in [-0.4, -0.2) is 60.0 Å². The number of aromatic nitrogens is 2. The SMILES string of the molecule is COCCN1C[C@@H](N=C(N)Nc2c(Br)c(C)nn2-c2ccccc2)[C@H](c2ccc(F)c(F)c2)C1.Cl. The van der Waals surface area contributed by atoms with Gasteiger partial charge in [-0.15, -0.1) is 12.4 Å². The number of aryl methyl sites for hydroxylation is 1. The lowest BCUT2D eigenvalue weighted by Gasteiger charge is -2.17. The largest absolute Gasteiger partial charge is 0.383 e. The maximum Gasteiger partial charge on any atom is 0.194 e. The van der Waals surface area contributed by atoms with E-state index in [-0.39, 0.29) is 30.3 Å². The van der Waals surface area contributed by atoms with Gasteiger partial charge in [-0.1, -0.05) is 24.3 Å². The van der Waals surface area contributed by atoms with Crippen LogP contribution >= 0.6 is 28.3 Å². The third-order valence-corrected chi connectivity index (χ3v) is 6.84. The first kappa shape index (κ1) is 27.1. The monoisotopic (exact) mass is 568 g/mol. The number of ether oxygens (including phenoxy) is 1. The average Bonchev–Trinajstić information content (AvgIpc) is 3.35. The minimum absolute atomic E-state index is 0. The van der Waals surface area contributed by atoms with E-state index in [0.29, 0.717) is 37.6 Å². The second-order valence-corrected chi connectivity index (χ2v) is 9.03. The second kappa shape index (κ2) is 11.9. The van der Waals surface area contributed by atoms with Crippen LogP contribution in [0.4, 0.5) is 14.6 Å². The third kappa shape index (κ3) is 6.19. The third-order valence-electron chi connectivity index (χ3n) is 5.89. The molecule has 0 amide bonds. The molecule has 0 saturated carbocycles. The molecule has 0 bridgehead atoms. The van der Waals surface area contributed by atoms with Gasteiger partial charge in [-0.3, -0.25) is 4.90 Å². The lowest BCUT2D eigenvalue weighted by Crippen LogP contribution is -2.29. The topological polar surface area (TPSA) is 80.7 Å². The van der Waals surface area contributed by atoms with E-state index in [0.717, 1.165) is 21.9 Å². The summed E-state index contributed by atoms with van der Waals surface area (Å²) in [5, 5.41) is 7.77. The van der Waals surface area contributed by atoms with Crippen molar-refractivity contribution >= 4 is 40.1 Å².